The Bertz CT molecular complexity index is 532. The fraction of sp³-hybridized carbons (Fsp3) is 0.333. The van der Waals surface area contributed by atoms with Crippen LogP contribution in [0.15, 0.2) is 30.3 Å². The lowest BCUT2D eigenvalue weighted by Crippen LogP contribution is -2.19. The van der Waals surface area contributed by atoms with Crippen LogP contribution in [0, 0.1) is 19.7 Å². The second-order valence-electron chi connectivity index (χ2n) is 4.82. The first-order chi connectivity index (χ1) is 9.02. The Hall–Kier alpha value is -1.97. The van der Waals surface area contributed by atoms with Crippen molar-refractivity contribution in [2.75, 3.05) is 5.32 Å². The summed E-state index contributed by atoms with van der Waals surface area (Å²) >= 11 is 0. The third kappa shape index (κ3) is 4.02. The molecule has 1 unspecified atom stereocenters. The highest BCUT2D eigenvalue weighted by Gasteiger charge is 2.06. The van der Waals surface area contributed by atoms with Gasteiger partial charge < -0.3 is 5.32 Å². The normalized spacial score (nSPS) is 12.2. The Morgan fingerprint density at radius 1 is 1.16 bits per heavy atom. The van der Waals surface area contributed by atoms with Crippen molar-refractivity contribution in [2.45, 2.75) is 33.2 Å². The van der Waals surface area contributed by atoms with E-state index in [1.54, 1.807) is 0 Å². The summed E-state index contributed by atoms with van der Waals surface area (Å²) in [7, 11) is 0. The minimum atomic E-state index is -0.202. The van der Waals surface area contributed by atoms with Gasteiger partial charge >= 0.3 is 0 Å². The third-order valence-corrected chi connectivity index (χ3v) is 2.82. The van der Waals surface area contributed by atoms with Crippen molar-refractivity contribution in [1.82, 2.24) is 9.97 Å². The first-order valence-corrected chi connectivity index (χ1v) is 6.36. The Morgan fingerprint density at radius 2 is 1.84 bits per heavy atom. The predicted octanol–water partition coefficient (Wildman–Crippen LogP) is 3.28. The molecule has 0 spiro atoms. The summed E-state index contributed by atoms with van der Waals surface area (Å²) in [6.45, 7) is 5.91. The summed E-state index contributed by atoms with van der Waals surface area (Å²) in [5, 5.41) is 3.34. The van der Waals surface area contributed by atoms with E-state index in [1.807, 2.05) is 32.0 Å². The number of nitrogens with zero attached hydrogens (tertiary/aromatic N) is 2. The molecule has 0 saturated heterocycles. The van der Waals surface area contributed by atoms with Crippen molar-refractivity contribution in [1.29, 1.82) is 0 Å². The molecule has 1 heterocycles. The highest BCUT2D eigenvalue weighted by molar-refractivity contribution is 5.37. The number of rotatable bonds is 4. The monoisotopic (exact) mass is 259 g/mol. The Balaban J connectivity index is 2.00. The fourth-order valence-corrected chi connectivity index (χ4v) is 2.07. The van der Waals surface area contributed by atoms with E-state index in [0.29, 0.717) is 0 Å². The van der Waals surface area contributed by atoms with Crippen LogP contribution in [0.5, 0.6) is 0 Å². The van der Waals surface area contributed by atoms with Gasteiger partial charge in [-0.25, -0.2) is 14.4 Å². The van der Waals surface area contributed by atoms with Crippen LogP contribution >= 0.6 is 0 Å². The number of nitrogens with one attached hydrogen (secondary N) is 1. The summed E-state index contributed by atoms with van der Waals surface area (Å²) in [5.41, 5.74) is 2.05. The molecule has 0 amide bonds. The number of hydrogen-bond acceptors (Lipinski definition) is 3. The van der Waals surface area contributed by atoms with E-state index in [4.69, 9.17) is 0 Å². The lowest BCUT2D eigenvalue weighted by atomic mass is 10.1. The number of anilines is 1. The molecular weight excluding hydrogens is 241 g/mol. The van der Waals surface area contributed by atoms with Gasteiger partial charge in [0.25, 0.3) is 0 Å². The molecule has 0 aliphatic rings. The molecule has 0 aliphatic carbocycles. The zero-order valence-corrected chi connectivity index (χ0v) is 11.4. The molecule has 1 aromatic heterocycles. The lowest BCUT2D eigenvalue weighted by molar-refractivity contribution is 0.626. The molecule has 1 atom stereocenters. The SMILES string of the molecule is Cc1cc(NC(C)Cc2ccc(F)cc2)nc(C)n1. The van der Waals surface area contributed by atoms with Crippen molar-refractivity contribution in [3.8, 4) is 0 Å². The zero-order chi connectivity index (χ0) is 13.8. The molecule has 4 heteroatoms. The average Bonchev–Trinajstić information content (AvgIpc) is 2.30. The van der Waals surface area contributed by atoms with Gasteiger partial charge in [-0.15, -0.1) is 0 Å². The number of halogens is 1. The molecule has 2 rings (SSSR count). The van der Waals surface area contributed by atoms with Gasteiger partial charge in [0.2, 0.25) is 0 Å². The van der Waals surface area contributed by atoms with Crippen LogP contribution in [0.4, 0.5) is 10.2 Å². The zero-order valence-electron chi connectivity index (χ0n) is 11.4. The summed E-state index contributed by atoms with van der Waals surface area (Å²) in [5.74, 6) is 1.39. The molecule has 100 valence electrons. The lowest BCUT2D eigenvalue weighted by Gasteiger charge is -2.15. The fourth-order valence-electron chi connectivity index (χ4n) is 2.07. The number of aryl methyl sites for hydroxylation is 2. The second kappa shape index (κ2) is 5.78. The van der Waals surface area contributed by atoms with E-state index >= 15 is 0 Å². The molecular formula is C15H18FN3. The quantitative estimate of drug-likeness (QED) is 0.915. The van der Waals surface area contributed by atoms with Crippen molar-refractivity contribution >= 4 is 5.82 Å². The van der Waals surface area contributed by atoms with Crippen LogP contribution in [-0.4, -0.2) is 16.0 Å². The van der Waals surface area contributed by atoms with Gasteiger partial charge in [0.15, 0.2) is 0 Å². The van der Waals surface area contributed by atoms with Gasteiger partial charge in [-0.2, -0.15) is 0 Å². The summed E-state index contributed by atoms with van der Waals surface area (Å²) in [4.78, 5) is 8.59. The average molecular weight is 259 g/mol. The van der Waals surface area contributed by atoms with Crippen molar-refractivity contribution in [3.63, 3.8) is 0 Å². The van der Waals surface area contributed by atoms with Crippen LogP contribution in [0.25, 0.3) is 0 Å². The smallest absolute Gasteiger partial charge is 0.130 e. The van der Waals surface area contributed by atoms with Crippen LogP contribution in [0.3, 0.4) is 0 Å². The van der Waals surface area contributed by atoms with E-state index in [1.165, 1.54) is 12.1 Å². The molecule has 0 radical (unpaired) electrons. The van der Waals surface area contributed by atoms with Gasteiger partial charge in [0.05, 0.1) is 0 Å². The van der Waals surface area contributed by atoms with Crippen molar-refractivity contribution in [3.05, 3.63) is 53.2 Å². The van der Waals surface area contributed by atoms with E-state index in [0.717, 1.165) is 29.3 Å². The maximum absolute atomic E-state index is 12.8. The van der Waals surface area contributed by atoms with E-state index in [-0.39, 0.29) is 11.9 Å². The molecule has 3 nitrogen and oxygen atoms in total. The Kier molecular flexibility index (Phi) is 4.10. The van der Waals surface area contributed by atoms with Crippen LogP contribution in [0.2, 0.25) is 0 Å². The maximum atomic E-state index is 12.8. The molecule has 19 heavy (non-hydrogen) atoms. The molecule has 0 bridgehead atoms. The first kappa shape index (κ1) is 13.5. The second-order valence-corrected chi connectivity index (χ2v) is 4.82. The highest BCUT2D eigenvalue weighted by atomic mass is 19.1. The van der Waals surface area contributed by atoms with Gasteiger partial charge in [-0.05, 0) is 44.9 Å². The van der Waals surface area contributed by atoms with Gasteiger partial charge in [-0.3, -0.25) is 0 Å². The van der Waals surface area contributed by atoms with Crippen LogP contribution < -0.4 is 5.32 Å². The topological polar surface area (TPSA) is 37.8 Å². The standard InChI is InChI=1S/C15H18FN3/c1-10(8-13-4-6-14(16)7-5-13)18-15-9-11(2)17-12(3)19-15/h4-7,9-10H,8H2,1-3H3,(H,17,18,19). The number of benzene rings is 1. The number of hydrogen-bond donors (Lipinski definition) is 1. The summed E-state index contributed by atoms with van der Waals surface area (Å²) < 4.78 is 12.8. The molecule has 0 fully saturated rings. The van der Waals surface area contributed by atoms with Crippen molar-refractivity contribution < 1.29 is 4.39 Å². The van der Waals surface area contributed by atoms with Crippen LogP contribution in [-0.2, 0) is 6.42 Å². The predicted molar refractivity (Wildman–Crippen MR) is 74.7 cm³/mol. The largest absolute Gasteiger partial charge is 0.367 e. The summed E-state index contributed by atoms with van der Waals surface area (Å²) in [6, 6.07) is 8.74. The first-order valence-electron chi connectivity index (χ1n) is 6.36. The van der Waals surface area contributed by atoms with Crippen molar-refractivity contribution in [2.24, 2.45) is 0 Å². The highest BCUT2D eigenvalue weighted by Crippen LogP contribution is 2.11. The molecule has 1 aromatic carbocycles. The molecule has 0 saturated carbocycles. The summed E-state index contributed by atoms with van der Waals surface area (Å²) in [6.07, 6.45) is 0.822. The van der Waals surface area contributed by atoms with E-state index in [9.17, 15) is 4.39 Å². The minimum Gasteiger partial charge on any atom is -0.367 e. The number of aromatic nitrogens is 2. The third-order valence-electron chi connectivity index (χ3n) is 2.82. The van der Waals surface area contributed by atoms with Gasteiger partial charge in [0, 0.05) is 17.8 Å². The van der Waals surface area contributed by atoms with E-state index < -0.39 is 0 Å². The Morgan fingerprint density at radius 3 is 2.47 bits per heavy atom. The van der Waals surface area contributed by atoms with Gasteiger partial charge in [-0.1, -0.05) is 12.1 Å². The molecule has 0 aliphatic heterocycles. The maximum Gasteiger partial charge on any atom is 0.130 e. The van der Waals surface area contributed by atoms with Crippen LogP contribution in [0.1, 0.15) is 24.0 Å². The Labute approximate surface area is 112 Å². The van der Waals surface area contributed by atoms with E-state index in [2.05, 4.69) is 22.2 Å². The molecule has 2 aromatic rings. The van der Waals surface area contributed by atoms with Gasteiger partial charge in [0.1, 0.15) is 17.5 Å². The molecule has 1 N–H and O–H groups in total. The minimum absolute atomic E-state index is 0.202.